The minimum absolute atomic E-state index is 0.0651. The Hall–Kier alpha value is -1.70. The van der Waals surface area contributed by atoms with Crippen molar-refractivity contribution >= 4 is 0 Å². The Kier molecular flexibility index (Phi) is 3.56. The molecule has 0 fully saturated rings. The van der Waals surface area contributed by atoms with E-state index in [4.69, 9.17) is 10.00 Å². The number of nitriles is 1. The molecule has 0 N–H and O–H groups in total. The lowest BCUT2D eigenvalue weighted by Crippen LogP contribution is -2.03. The lowest BCUT2D eigenvalue weighted by molar-refractivity contribution is 0.145. The molecule has 0 atom stereocenters. The Morgan fingerprint density at radius 3 is 2.73 bits per heavy atom. The van der Waals surface area contributed by atoms with Crippen molar-refractivity contribution in [2.24, 2.45) is 0 Å². The summed E-state index contributed by atoms with van der Waals surface area (Å²) in [6.45, 7) is 1.64. The van der Waals surface area contributed by atoms with Crippen molar-refractivity contribution in [1.82, 2.24) is 4.98 Å². The van der Waals surface area contributed by atoms with Crippen LogP contribution in [0, 0.1) is 18.3 Å². The highest BCUT2D eigenvalue weighted by Gasteiger charge is 2.21. The molecule has 1 heterocycles. The fourth-order valence-electron chi connectivity index (χ4n) is 1.35. The molecule has 1 rings (SSSR count). The summed E-state index contributed by atoms with van der Waals surface area (Å²) >= 11 is 0. The molecule has 5 heteroatoms. The van der Waals surface area contributed by atoms with Crippen LogP contribution in [0.5, 0.6) is 5.88 Å². The topological polar surface area (TPSA) is 45.9 Å². The van der Waals surface area contributed by atoms with Gasteiger partial charge in [-0.05, 0) is 18.1 Å². The van der Waals surface area contributed by atoms with Crippen LogP contribution in [-0.4, -0.2) is 12.1 Å². The molecule has 0 saturated heterocycles. The second kappa shape index (κ2) is 4.69. The summed E-state index contributed by atoms with van der Waals surface area (Å²) in [5.41, 5.74) is 0.603. The number of aryl methyl sites for hydroxylation is 1. The number of pyridine rings is 1. The van der Waals surface area contributed by atoms with Gasteiger partial charge >= 0.3 is 0 Å². The van der Waals surface area contributed by atoms with Crippen molar-refractivity contribution in [2.75, 3.05) is 7.11 Å². The summed E-state index contributed by atoms with van der Waals surface area (Å²) in [6, 6.07) is 1.85. The molecule has 0 radical (unpaired) electrons. The highest BCUT2D eigenvalue weighted by atomic mass is 19.3. The zero-order valence-corrected chi connectivity index (χ0v) is 8.42. The Bertz CT molecular complexity index is 399. The summed E-state index contributed by atoms with van der Waals surface area (Å²) < 4.78 is 30.2. The van der Waals surface area contributed by atoms with Crippen LogP contribution in [0.1, 0.15) is 23.1 Å². The maximum atomic E-state index is 12.7. The molecule has 0 aromatic carbocycles. The molecule has 80 valence electrons. The maximum Gasteiger partial charge on any atom is 0.269 e. The van der Waals surface area contributed by atoms with Gasteiger partial charge in [-0.25, -0.2) is 13.8 Å². The van der Waals surface area contributed by atoms with E-state index in [1.54, 1.807) is 6.92 Å². The van der Waals surface area contributed by atoms with Gasteiger partial charge in [-0.1, -0.05) is 0 Å². The smallest absolute Gasteiger partial charge is 0.269 e. The third kappa shape index (κ3) is 2.21. The Labute approximate surface area is 86.3 Å². The standard InChI is InChI=1S/C10H10F2N2O/c1-6-5-14-10(15-2)8(9(11)12)7(6)3-4-13/h5,9H,3H2,1-2H3. The summed E-state index contributed by atoms with van der Waals surface area (Å²) in [5.74, 6) is -0.110. The molecule has 0 amide bonds. The van der Waals surface area contributed by atoms with E-state index < -0.39 is 6.43 Å². The molecule has 0 aliphatic heterocycles. The minimum Gasteiger partial charge on any atom is -0.481 e. The van der Waals surface area contributed by atoms with E-state index in [9.17, 15) is 8.78 Å². The second-order valence-electron chi connectivity index (χ2n) is 2.98. The molecule has 0 unspecified atom stereocenters. The van der Waals surface area contributed by atoms with E-state index >= 15 is 0 Å². The van der Waals surface area contributed by atoms with Gasteiger partial charge in [0.2, 0.25) is 5.88 Å². The molecule has 3 nitrogen and oxygen atoms in total. The molecule has 1 aromatic rings. The van der Waals surface area contributed by atoms with E-state index in [1.165, 1.54) is 13.3 Å². The molecule has 0 spiro atoms. The largest absolute Gasteiger partial charge is 0.481 e. The third-order valence-electron chi connectivity index (χ3n) is 2.07. The zero-order valence-electron chi connectivity index (χ0n) is 8.42. The molecule has 15 heavy (non-hydrogen) atoms. The van der Waals surface area contributed by atoms with E-state index in [-0.39, 0.29) is 17.9 Å². The van der Waals surface area contributed by atoms with Crippen molar-refractivity contribution in [3.8, 4) is 11.9 Å². The van der Waals surface area contributed by atoms with Crippen LogP contribution >= 0.6 is 0 Å². The van der Waals surface area contributed by atoms with Crippen LogP contribution in [-0.2, 0) is 6.42 Å². The molecular formula is C10H10F2N2O. The van der Waals surface area contributed by atoms with Crippen molar-refractivity contribution in [3.05, 3.63) is 22.9 Å². The number of alkyl halides is 2. The summed E-state index contributed by atoms with van der Waals surface area (Å²) in [5, 5.41) is 8.56. The van der Waals surface area contributed by atoms with Gasteiger partial charge in [0.1, 0.15) is 0 Å². The van der Waals surface area contributed by atoms with Crippen molar-refractivity contribution in [3.63, 3.8) is 0 Å². The van der Waals surface area contributed by atoms with E-state index in [0.717, 1.165) is 0 Å². The Balaban J connectivity index is 3.38. The van der Waals surface area contributed by atoms with Crippen molar-refractivity contribution in [2.45, 2.75) is 19.8 Å². The second-order valence-corrected chi connectivity index (χ2v) is 2.98. The third-order valence-corrected chi connectivity index (χ3v) is 2.07. The molecule has 0 aliphatic rings. The van der Waals surface area contributed by atoms with Gasteiger partial charge in [-0.2, -0.15) is 5.26 Å². The molecular weight excluding hydrogens is 202 g/mol. The predicted molar refractivity (Wildman–Crippen MR) is 49.8 cm³/mol. The summed E-state index contributed by atoms with van der Waals surface area (Å²) in [4.78, 5) is 3.75. The predicted octanol–water partition coefficient (Wildman–Crippen LogP) is 2.40. The number of hydrogen-bond acceptors (Lipinski definition) is 3. The average Bonchev–Trinajstić information content (AvgIpc) is 2.20. The minimum atomic E-state index is -2.68. The van der Waals surface area contributed by atoms with Crippen LogP contribution in [0.2, 0.25) is 0 Å². The fraction of sp³-hybridized carbons (Fsp3) is 0.400. The van der Waals surface area contributed by atoms with E-state index in [1.807, 2.05) is 6.07 Å². The van der Waals surface area contributed by atoms with Crippen LogP contribution in [0.4, 0.5) is 8.78 Å². The van der Waals surface area contributed by atoms with Gasteiger partial charge in [0.05, 0.1) is 25.2 Å². The van der Waals surface area contributed by atoms with Crippen molar-refractivity contribution < 1.29 is 13.5 Å². The number of aromatic nitrogens is 1. The highest BCUT2D eigenvalue weighted by Crippen LogP contribution is 2.32. The lowest BCUT2D eigenvalue weighted by Gasteiger charge is -2.12. The number of ether oxygens (including phenoxy) is 1. The Morgan fingerprint density at radius 2 is 2.27 bits per heavy atom. The highest BCUT2D eigenvalue weighted by molar-refractivity contribution is 5.41. The van der Waals surface area contributed by atoms with Gasteiger partial charge < -0.3 is 4.74 Å². The average molecular weight is 212 g/mol. The quantitative estimate of drug-likeness (QED) is 0.772. The van der Waals surface area contributed by atoms with Crippen LogP contribution < -0.4 is 4.74 Å². The molecule has 0 bridgehead atoms. The first-order chi connectivity index (χ1) is 7.11. The van der Waals surface area contributed by atoms with Crippen LogP contribution in [0.3, 0.4) is 0 Å². The zero-order chi connectivity index (χ0) is 11.4. The van der Waals surface area contributed by atoms with E-state index in [0.29, 0.717) is 11.1 Å². The lowest BCUT2D eigenvalue weighted by atomic mass is 10.0. The van der Waals surface area contributed by atoms with Gasteiger partial charge in [-0.3, -0.25) is 0 Å². The monoisotopic (exact) mass is 212 g/mol. The van der Waals surface area contributed by atoms with Crippen molar-refractivity contribution in [1.29, 1.82) is 5.26 Å². The fourth-order valence-corrected chi connectivity index (χ4v) is 1.35. The van der Waals surface area contributed by atoms with E-state index in [2.05, 4.69) is 4.98 Å². The molecule has 0 aliphatic carbocycles. The number of methoxy groups -OCH3 is 1. The number of halogens is 2. The van der Waals surface area contributed by atoms with Gasteiger partial charge in [-0.15, -0.1) is 0 Å². The van der Waals surface area contributed by atoms with Crippen LogP contribution in [0.15, 0.2) is 6.20 Å². The Morgan fingerprint density at radius 1 is 1.60 bits per heavy atom. The molecule has 1 aromatic heterocycles. The number of hydrogen-bond donors (Lipinski definition) is 0. The van der Waals surface area contributed by atoms with Crippen LogP contribution in [0.25, 0.3) is 0 Å². The number of rotatable bonds is 3. The van der Waals surface area contributed by atoms with Gasteiger partial charge in [0.15, 0.2) is 0 Å². The normalized spacial score (nSPS) is 10.1. The first-order valence-corrected chi connectivity index (χ1v) is 4.29. The summed E-state index contributed by atoms with van der Waals surface area (Å²) in [6.07, 6.45) is -1.32. The summed E-state index contributed by atoms with van der Waals surface area (Å²) in [7, 11) is 1.28. The van der Waals surface area contributed by atoms with Gasteiger partial charge in [0.25, 0.3) is 6.43 Å². The maximum absolute atomic E-state index is 12.7. The number of nitrogens with zero attached hydrogens (tertiary/aromatic N) is 2. The van der Waals surface area contributed by atoms with Gasteiger partial charge in [0, 0.05) is 6.20 Å². The first-order valence-electron chi connectivity index (χ1n) is 4.29. The molecule has 0 saturated carbocycles. The SMILES string of the molecule is COc1ncc(C)c(CC#N)c1C(F)F. The first kappa shape index (κ1) is 11.4.